The number of carbonyl (C=O) groups is 1. The zero-order chi connectivity index (χ0) is 13.6. The lowest BCUT2D eigenvalue weighted by Crippen LogP contribution is -2.22. The fourth-order valence-electron chi connectivity index (χ4n) is 1.29. The first-order valence-electron chi connectivity index (χ1n) is 5.29. The largest absolute Gasteiger partial charge is 0.454 e. The van der Waals surface area contributed by atoms with Crippen LogP contribution in [0.3, 0.4) is 0 Å². The van der Waals surface area contributed by atoms with E-state index in [1.807, 2.05) is 0 Å². The molecule has 0 fully saturated rings. The summed E-state index contributed by atoms with van der Waals surface area (Å²) in [6, 6.07) is 1.14. The number of aromatic nitrogens is 1. The summed E-state index contributed by atoms with van der Waals surface area (Å²) in [5.74, 6) is -1.83. The number of alkyl halides is 3. The first-order valence-corrected chi connectivity index (χ1v) is 5.29. The van der Waals surface area contributed by atoms with Crippen LogP contribution in [0.15, 0.2) is 18.5 Å². The summed E-state index contributed by atoms with van der Waals surface area (Å²) in [6.07, 6.45) is -2.25. The highest BCUT2D eigenvalue weighted by atomic mass is 19.4. The molecule has 0 atom stereocenters. The van der Waals surface area contributed by atoms with E-state index < -0.39 is 12.0 Å². The van der Waals surface area contributed by atoms with Crippen molar-refractivity contribution < 1.29 is 27.4 Å². The van der Waals surface area contributed by atoms with Crippen LogP contribution in [0, 0.1) is 0 Å². The second-order valence-corrected chi connectivity index (χ2v) is 3.57. The molecule has 4 nitrogen and oxygen atoms in total. The predicted molar refractivity (Wildman–Crippen MR) is 57.5 cm³/mol. The van der Waals surface area contributed by atoms with E-state index in [0.717, 1.165) is 12.3 Å². The molecule has 1 aromatic rings. The summed E-state index contributed by atoms with van der Waals surface area (Å²) in [6.45, 7) is 1.61. The lowest BCUT2D eigenvalue weighted by molar-refractivity contribution is -0.0885. The highest BCUT2D eigenvalue weighted by Crippen LogP contribution is 2.21. The van der Waals surface area contributed by atoms with Gasteiger partial charge in [-0.3, -0.25) is 4.79 Å². The van der Waals surface area contributed by atoms with Gasteiger partial charge in [-0.25, -0.2) is 0 Å². The summed E-state index contributed by atoms with van der Waals surface area (Å²) >= 11 is 0. The number of ether oxygens (including phenoxy) is 2. The third kappa shape index (κ3) is 4.50. The number of rotatable bonds is 7. The molecule has 102 valence electrons. The number of Topliss-reactive ketones (excluding diaryl/α,β-unsaturated/α-hetero) is 1. The topological polar surface area (TPSA) is 40.5 Å². The first kappa shape index (κ1) is 14.7. The van der Waals surface area contributed by atoms with Gasteiger partial charge in [-0.1, -0.05) is 0 Å². The molecule has 0 aromatic carbocycles. The van der Waals surface area contributed by atoms with Gasteiger partial charge >= 0.3 is 6.18 Å². The Hall–Kier alpha value is -1.34. The van der Waals surface area contributed by atoms with Gasteiger partial charge in [0.25, 0.3) is 5.78 Å². The maximum atomic E-state index is 12.1. The molecule has 1 aromatic heterocycles. The van der Waals surface area contributed by atoms with Crippen LogP contribution in [0.2, 0.25) is 0 Å². The molecule has 1 rings (SSSR count). The van der Waals surface area contributed by atoms with Crippen molar-refractivity contribution in [2.24, 2.45) is 0 Å². The summed E-state index contributed by atoms with van der Waals surface area (Å²) in [7, 11) is 1.55. The Kier molecular flexibility index (Phi) is 5.36. The summed E-state index contributed by atoms with van der Waals surface area (Å²) in [5, 5.41) is 0. The SMILES string of the molecule is COCCOCCn1ccc(C(=O)C(F)(F)F)c1. The van der Waals surface area contributed by atoms with Crippen molar-refractivity contribution in [3.8, 4) is 0 Å². The molecule has 0 aliphatic rings. The standard InChI is InChI=1S/C11H14F3NO3/c1-17-6-7-18-5-4-15-3-2-9(8-15)10(16)11(12,13)14/h2-3,8H,4-7H2,1H3. The molecule has 7 heteroatoms. The van der Waals surface area contributed by atoms with Crippen LogP contribution in [-0.4, -0.2) is 43.5 Å². The van der Waals surface area contributed by atoms with Gasteiger partial charge in [-0.05, 0) is 6.07 Å². The zero-order valence-corrected chi connectivity index (χ0v) is 9.87. The van der Waals surface area contributed by atoms with E-state index in [9.17, 15) is 18.0 Å². The number of hydrogen-bond acceptors (Lipinski definition) is 3. The molecule has 0 saturated carbocycles. The average Bonchev–Trinajstić information content (AvgIpc) is 2.75. The Labute approximate surface area is 102 Å². The number of carbonyl (C=O) groups excluding carboxylic acids is 1. The lowest BCUT2D eigenvalue weighted by Gasteiger charge is -2.05. The Morgan fingerprint density at radius 3 is 2.67 bits per heavy atom. The van der Waals surface area contributed by atoms with E-state index in [2.05, 4.69) is 0 Å². The van der Waals surface area contributed by atoms with Gasteiger partial charge in [0, 0.05) is 31.6 Å². The molecule has 0 amide bonds. The highest BCUT2D eigenvalue weighted by molar-refractivity contribution is 6.00. The van der Waals surface area contributed by atoms with Crippen LogP contribution < -0.4 is 0 Å². The fourth-order valence-corrected chi connectivity index (χ4v) is 1.29. The van der Waals surface area contributed by atoms with Gasteiger partial charge in [0.1, 0.15) is 0 Å². The summed E-state index contributed by atoms with van der Waals surface area (Å²) in [4.78, 5) is 10.9. The smallest absolute Gasteiger partial charge is 0.382 e. The van der Waals surface area contributed by atoms with Gasteiger partial charge in [0.15, 0.2) is 0 Å². The van der Waals surface area contributed by atoms with E-state index in [4.69, 9.17) is 9.47 Å². The number of halogens is 3. The molecule has 0 aliphatic carbocycles. The summed E-state index contributed by atoms with van der Waals surface area (Å²) in [5.41, 5.74) is -0.362. The molecular weight excluding hydrogens is 251 g/mol. The van der Waals surface area contributed by atoms with Gasteiger partial charge in [0.2, 0.25) is 0 Å². The number of methoxy groups -OCH3 is 1. The van der Waals surface area contributed by atoms with Crippen molar-refractivity contribution in [3.63, 3.8) is 0 Å². The minimum atomic E-state index is -4.83. The minimum Gasteiger partial charge on any atom is -0.382 e. The second-order valence-electron chi connectivity index (χ2n) is 3.57. The molecule has 0 unspecified atom stereocenters. The summed E-state index contributed by atoms with van der Waals surface area (Å²) < 4.78 is 47.8. The zero-order valence-electron chi connectivity index (χ0n) is 9.87. The van der Waals surface area contributed by atoms with Crippen molar-refractivity contribution in [2.75, 3.05) is 26.9 Å². The Morgan fingerprint density at radius 2 is 2.06 bits per heavy atom. The lowest BCUT2D eigenvalue weighted by atomic mass is 10.2. The first-order chi connectivity index (χ1) is 8.45. The number of nitrogens with zero attached hydrogens (tertiary/aromatic N) is 1. The van der Waals surface area contributed by atoms with Crippen molar-refractivity contribution in [3.05, 3.63) is 24.0 Å². The van der Waals surface area contributed by atoms with Crippen LogP contribution in [0.5, 0.6) is 0 Å². The monoisotopic (exact) mass is 265 g/mol. The van der Waals surface area contributed by atoms with Crippen LogP contribution in [0.4, 0.5) is 13.2 Å². The maximum Gasteiger partial charge on any atom is 0.454 e. The molecule has 0 N–H and O–H groups in total. The van der Waals surface area contributed by atoms with Gasteiger partial charge in [-0.15, -0.1) is 0 Å². The molecule has 0 spiro atoms. The van der Waals surface area contributed by atoms with E-state index in [-0.39, 0.29) is 5.56 Å². The van der Waals surface area contributed by atoms with Crippen LogP contribution in [0.1, 0.15) is 10.4 Å². The highest BCUT2D eigenvalue weighted by Gasteiger charge is 2.39. The molecule has 18 heavy (non-hydrogen) atoms. The van der Waals surface area contributed by atoms with E-state index >= 15 is 0 Å². The molecular formula is C11H14F3NO3. The average molecular weight is 265 g/mol. The second kappa shape index (κ2) is 6.55. The van der Waals surface area contributed by atoms with Crippen molar-refractivity contribution in [2.45, 2.75) is 12.7 Å². The number of ketones is 1. The predicted octanol–water partition coefficient (Wildman–Crippen LogP) is 1.90. The fraction of sp³-hybridized carbons (Fsp3) is 0.545. The Morgan fingerprint density at radius 1 is 1.33 bits per heavy atom. The normalized spacial score (nSPS) is 11.8. The molecule has 0 radical (unpaired) electrons. The maximum absolute atomic E-state index is 12.1. The Balaban J connectivity index is 2.42. The van der Waals surface area contributed by atoms with Crippen LogP contribution >= 0.6 is 0 Å². The van der Waals surface area contributed by atoms with E-state index in [0.29, 0.717) is 26.4 Å². The van der Waals surface area contributed by atoms with Gasteiger partial charge < -0.3 is 14.0 Å². The van der Waals surface area contributed by atoms with Crippen LogP contribution in [-0.2, 0) is 16.0 Å². The number of hydrogen-bond donors (Lipinski definition) is 0. The van der Waals surface area contributed by atoms with Gasteiger partial charge in [-0.2, -0.15) is 13.2 Å². The molecule has 1 heterocycles. The van der Waals surface area contributed by atoms with Crippen molar-refractivity contribution in [1.82, 2.24) is 4.57 Å². The Bertz CT molecular complexity index is 387. The van der Waals surface area contributed by atoms with E-state index in [1.54, 1.807) is 7.11 Å². The third-order valence-electron chi connectivity index (χ3n) is 2.20. The molecule has 0 aliphatic heterocycles. The molecule has 0 bridgehead atoms. The minimum absolute atomic E-state index is 0.345. The molecule has 0 saturated heterocycles. The van der Waals surface area contributed by atoms with Crippen LogP contribution in [0.25, 0.3) is 0 Å². The quantitative estimate of drug-likeness (QED) is 0.558. The van der Waals surface area contributed by atoms with Crippen molar-refractivity contribution >= 4 is 5.78 Å². The van der Waals surface area contributed by atoms with Gasteiger partial charge in [0.05, 0.1) is 19.8 Å². The van der Waals surface area contributed by atoms with E-state index in [1.165, 1.54) is 10.8 Å². The van der Waals surface area contributed by atoms with Crippen molar-refractivity contribution in [1.29, 1.82) is 0 Å². The third-order valence-corrected chi connectivity index (χ3v) is 2.20.